The van der Waals surface area contributed by atoms with Crippen LogP contribution in [0.3, 0.4) is 0 Å². The Balaban J connectivity index is 1.89. The summed E-state index contributed by atoms with van der Waals surface area (Å²) in [6, 6.07) is 3.53. The molecule has 8 heteroatoms. The molecule has 2 amide bonds. The van der Waals surface area contributed by atoms with Crippen LogP contribution in [0.4, 0.5) is 4.79 Å². The molecule has 1 aliphatic heterocycles. The molecule has 0 aliphatic carbocycles. The Kier molecular flexibility index (Phi) is 7.97. The molecule has 0 aromatic heterocycles. The van der Waals surface area contributed by atoms with Gasteiger partial charge in [-0.2, -0.15) is 0 Å². The summed E-state index contributed by atoms with van der Waals surface area (Å²) in [6.07, 6.45) is 2.54. The molecule has 0 saturated heterocycles. The first kappa shape index (κ1) is 23.4. The van der Waals surface area contributed by atoms with Gasteiger partial charge in [-0.25, -0.2) is 4.79 Å². The summed E-state index contributed by atoms with van der Waals surface area (Å²) < 4.78 is 21.3. The number of methoxy groups -OCH3 is 3. The normalized spacial score (nSPS) is 13.9. The van der Waals surface area contributed by atoms with Gasteiger partial charge in [0.1, 0.15) is 5.60 Å². The molecular weight excluding hydrogens is 388 g/mol. The Bertz CT molecular complexity index is 772. The van der Waals surface area contributed by atoms with Crippen LogP contribution < -0.4 is 19.5 Å². The number of nitrogens with zero attached hydrogens (tertiary/aromatic N) is 1. The lowest BCUT2D eigenvalue weighted by molar-refractivity contribution is -0.120. The first-order valence-corrected chi connectivity index (χ1v) is 9.88. The monoisotopic (exact) mass is 420 g/mol. The van der Waals surface area contributed by atoms with Gasteiger partial charge in [0, 0.05) is 19.6 Å². The van der Waals surface area contributed by atoms with E-state index in [2.05, 4.69) is 5.32 Å². The molecular formula is C22H32N2O6. The van der Waals surface area contributed by atoms with Crippen LogP contribution in [0.2, 0.25) is 0 Å². The molecule has 8 nitrogen and oxygen atoms in total. The summed E-state index contributed by atoms with van der Waals surface area (Å²) in [5, 5.41) is 2.93. The van der Waals surface area contributed by atoms with Gasteiger partial charge in [0.15, 0.2) is 11.5 Å². The van der Waals surface area contributed by atoms with Gasteiger partial charge in [-0.05, 0) is 44.9 Å². The minimum atomic E-state index is -0.512. The molecule has 0 saturated carbocycles. The van der Waals surface area contributed by atoms with E-state index in [0.29, 0.717) is 43.3 Å². The van der Waals surface area contributed by atoms with Gasteiger partial charge in [-0.1, -0.05) is 11.6 Å². The van der Waals surface area contributed by atoms with Crippen LogP contribution in [0.5, 0.6) is 17.2 Å². The number of hydrogen-bond acceptors (Lipinski definition) is 6. The number of ether oxygens (including phenoxy) is 4. The van der Waals surface area contributed by atoms with Crippen LogP contribution >= 0.6 is 0 Å². The fraction of sp³-hybridized carbons (Fsp3) is 0.545. The Hall–Kier alpha value is -2.90. The molecule has 0 radical (unpaired) electrons. The highest BCUT2D eigenvalue weighted by atomic mass is 16.6. The molecule has 1 N–H and O–H groups in total. The maximum absolute atomic E-state index is 12.4. The molecule has 0 unspecified atom stereocenters. The minimum Gasteiger partial charge on any atom is -0.493 e. The molecule has 166 valence electrons. The van der Waals surface area contributed by atoms with Crippen LogP contribution in [-0.4, -0.2) is 63.5 Å². The third-order valence-electron chi connectivity index (χ3n) is 4.56. The van der Waals surface area contributed by atoms with Crippen molar-refractivity contribution < 1.29 is 28.5 Å². The van der Waals surface area contributed by atoms with E-state index in [4.69, 9.17) is 18.9 Å². The number of hydrogen-bond donors (Lipinski definition) is 1. The lowest BCUT2D eigenvalue weighted by Crippen LogP contribution is -2.40. The maximum Gasteiger partial charge on any atom is 0.410 e. The summed E-state index contributed by atoms with van der Waals surface area (Å²) in [5.74, 6) is 1.40. The summed E-state index contributed by atoms with van der Waals surface area (Å²) >= 11 is 0. The largest absolute Gasteiger partial charge is 0.493 e. The van der Waals surface area contributed by atoms with E-state index in [9.17, 15) is 9.59 Å². The second kappa shape index (κ2) is 10.2. The van der Waals surface area contributed by atoms with Crippen molar-refractivity contribution in [1.82, 2.24) is 10.2 Å². The van der Waals surface area contributed by atoms with E-state index in [0.717, 1.165) is 11.1 Å². The van der Waals surface area contributed by atoms with E-state index < -0.39 is 5.60 Å². The minimum absolute atomic E-state index is 0.111. The Morgan fingerprint density at radius 2 is 1.70 bits per heavy atom. The van der Waals surface area contributed by atoms with E-state index in [1.807, 2.05) is 26.8 Å². The van der Waals surface area contributed by atoms with Gasteiger partial charge < -0.3 is 29.2 Å². The van der Waals surface area contributed by atoms with Crippen LogP contribution in [0.25, 0.3) is 0 Å². The van der Waals surface area contributed by atoms with Crippen molar-refractivity contribution in [3.63, 3.8) is 0 Å². The van der Waals surface area contributed by atoms with Crippen molar-refractivity contribution in [3.8, 4) is 17.2 Å². The maximum atomic E-state index is 12.4. The molecule has 1 aromatic rings. The number of carbonyl (C=O) groups excluding carboxylic acids is 2. The third-order valence-corrected chi connectivity index (χ3v) is 4.56. The molecule has 0 bridgehead atoms. The average Bonchev–Trinajstić information content (AvgIpc) is 2.70. The first-order valence-electron chi connectivity index (χ1n) is 9.88. The lowest BCUT2D eigenvalue weighted by atomic mass is 10.1. The van der Waals surface area contributed by atoms with Crippen molar-refractivity contribution in [1.29, 1.82) is 0 Å². The van der Waals surface area contributed by atoms with E-state index in [-0.39, 0.29) is 18.4 Å². The summed E-state index contributed by atoms with van der Waals surface area (Å²) in [7, 11) is 4.61. The van der Waals surface area contributed by atoms with Gasteiger partial charge in [0.25, 0.3) is 0 Å². The van der Waals surface area contributed by atoms with Gasteiger partial charge in [0.05, 0.1) is 27.8 Å². The Morgan fingerprint density at radius 3 is 2.17 bits per heavy atom. The molecule has 0 fully saturated rings. The second-order valence-electron chi connectivity index (χ2n) is 8.03. The molecule has 1 heterocycles. The number of rotatable bonds is 7. The van der Waals surface area contributed by atoms with Crippen molar-refractivity contribution in [2.75, 3.05) is 41.0 Å². The highest BCUT2D eigenvalue weighted by molar-refractivity contribution is 5.79. The van der Waals surface area contributed by atoms with Crippen LogP contribution in [0.15, 0.2) is 23.8 Å². The quantitative estimate of drug-likeness (QED) is 0.683. The predicted molar refractivity (Wildman–Crippen MR) is 113 cm³/mol. The summed E-state index contributed by atoms with van der Waals surface area (Å²) in [5.41, 5.74) is 1.34. The highest BCUT2D eigenvalue weighted by Gasteiger charge is 2.23. The lowest BCUT2D eigenvalue weighted by Gasteiger charge is -2.29. The zero-order valence-corrected chi connectivity index (χ0v) is 18.7. The zero-order chi connectivity index (χ0) is 22.3. The molecule has 30 heavy (non-hydrogen) atoms. The van der Waals surface area contributed by atoms with E-state index >= 15 is 0 Å². The Labute approximate surface area is 178 Å². The molecule has 2 rings (SSSR count). The second-order valence-corrected chi connectivity index (χ2v) is 8.03. The van der Waals surface area contributed by atoms with Crippen molar-refractivity contribution in [3.05, 3.63) is 29.3 Å². The topological polar surface area (TPSA) is 86.3 Å². The third kappa shape index (κ3) is 6.57. The average molecular weight is 421 g/mol. The molecule has 1 aliphatic rings. The fourth-order valence-electron chi connectivity index (χ4n) is 3.06. The highest BCUT2D eigenvalue weighted by Crippen LogP contribution is 2.38. The molecule has 0 spiro atoms. The number of carbonyl (C=O) groups is 2. The van der Waals surface area contributed by atoms with Gasteiger partial charge in [-0.15, -0.1) is 0 Å². The van der Waals surface area contributed by atoms with E-state index in [1.165, 1.54) is 21.3 Å². The first-order chi connectivity index (χ1) is 14.2. The smallest absolute Gasteiger partial charge is 0.410 e. The Morgan fingerprint density at radius 1 is 1.07 bits per heavy atom. The molecule has 0 atom stereocenters. The van der Waals surface area contributed by atoms with Crippen molar-refractivity contribution in [2.24, 2.45) is 0 Å². The van der Waals surface area contributed by atoms with Gasteiger partial charge in [-0.3, -0.25) is 4.79 Å². The van der Waals surface area contributed by atoms with Crippen LogP contribution in [0.1, 0.15) is 32.8 Å². The standard InChI is InChI=1S/C22H32N2O6/c1-22(2,3)30-21(26)24-9-7-15(8-10-24)14-23-19(25)13-16-11-17(27-4)20(29-6)18(12-16)28-5/h7,11-12H,8-10,13-14H2,1-6H3,(H,23,25). The van der Waals surface area contributed by atoms with Crippen molar-refractivity contribution >= 4 is 12.0 Å². The van der Waals surface area contributed by atoms with Gasteiger partial charge in [0.2, 0.25) is 11.7 Å². The number of nitrogens with one attached hydrogen (secondary N) is 1. The fourth-order valence-corrected chi connectivity index (χ4v) is 3.06. The van der Waals surface area contributed by atoms with Gasteiger partial charge >= 0.3 is 6.09 Å². The number of amides is 2. The number of benzene rings is 1. The van der Waals surface area contributed by atoms with Crippen LogP contribution in [0, 0.1) is 0 Å². The molecule has 1 aromatic carbocycles. The predicted octanol–water partition coefficient (Wildman–Crippen LogP) is 2.94. The van der Waals surface area contributed by atoms with E-state index in [1.54, 1.807) is 17.0 Å². The summed E-state index contributed by atoms with van der Waals surface area (Å²) in [4.78, 5) is 26.2. The zero-order valence-electron chi connectivity index (χ0n) is 18.7. The van der Waals surface area contributed by atoms with Crippen molar-refractivity contribution in [2.45, 2.75) is 39.2 Å². The summed E-state index contributed by atoms with van der Waals surface area (Å²) in [6.45, 7) is 7.04. The SMILES string of the molecule is COc1cc(CC(=O)NCC2=CCN(C(=O)OC(C)(C)C)CC2)cc(OC)c1OC. The van der Waals surface area contributed by atoms with Crippen LogP contribution in [-0.2, 0) is 16.0 Å².